The molecular formula is C27H50P2Pd. The van der Waals surface area contributed by atoms with Crippen molar-refractivity contribution in [2.75, 3.05) is 0 Å². The molecule has 0 aromatic rings. The van der Waals surface area contributed by atoms with E-state index in [2.05, 4.69) is 13.8 Å². The Labute approximate surface area is 205 Å². The van der Waals surface area contributed by atoms with E-state index in [9.17, 15) is 0 Å². The van der Waals surface area contributed by atoms with Gasteiger partial charge in [0.05, 0.1) is 0 Å². The maximum Gasteiger partial charge on any atom is 0.00596 e. The van der Waals surface area contributed by atoms with E-state index < -0.39 is 0 Å². The minimum Gasteiger partial charge on any atom is -0.0900 e. The largest absolute Gasteiger partial charge is 0.0900 e. The first-order valence-corrected chi connectivity index (χ1v) is 16.7. The van der Waals surface area contributed by atoms with Gasteiger partial charge in [-0.2, -0.15) is 0 Å². The Morgan fingerprint density at radius 1 is 0.400 bits per heavy atom. The van der Waals surface area contributed by atoms with Gasteiger partial charge in [-0.15, -0.1) is 0 Å². The molecule has 0 N–H and O–H groups in total. The van der Waals surface area contributed by atoms with Crippen LogP contribution in [-0.4, -0.2) is 27.5 Å². The summed E-state index contributed by atoms with van der Waals surface area (Å²) in [7, 11) is 0.399. The fourth-order valence-electron chi connectivity index (χ4n) is 7.95. The van der Waals surface area contributed by atoms with Crippen molar-refractivity contribution < 1.29 is 20.4 Å². The van der Waals surface area contributed by atoms with Gasteiger partial charge in [0, 0.05) is 25.3 Å². The molecule has 4 rings (SSSR count). The van der Waals surface area contributed by atoms with Gasteiger partial charge in [-0.1, -0.05) is 107 Å². The zero-order valence-corrected chi connectivity index (χ0v) is 23.5. The molecule has 0 unspecified atom stereocenters. The van der Waals surface area contributed by atoms with Crippen LogP contribution < -0.4 is 0 Å². The van der Waals surface area contributed by atoms with Crippen LogP contribution in [-0.2, 0) is 20.4 Å². The Balaban J connectivity index is 0.00000256. The van der Waals surface area contributed by atoms with Gasteiger partial charge in [0.1, 0.15) is 0 Å². The number of rotatable bonds is 6. The van der Waals surface area contributed by atoms with E-state index in [1.54, 1.807) is 103 Å². The van der Waals surface area contributed by atoms with Crippen LogP contribution in [0.5, 0.6) is 0 Å². The van der Waals surface area contributed by atoms with Crippen LogP contribution in [0.4, 0.5) is 0 Å². The van der Waals surface area contributed by atoms with Gasteiger partial charge >= 0.3 is 0 Å². The predicted octanol–water partition coefficient (Wildman–Crippen LogP) is 10.0. The topological polar surface area (TPSA) is 0 Å². The molecule has 0 aromatic heterocycles. The third-order valence-electron chi connectivity index (χ3n) is 9.14. The molecule has 0 heterocycles. The summed E-state index contributed by atoms with van der Waals surface area (Å²) in [5, 5.41) is 0. The molecule has 4 saturated carbocycles. The average molecular weight is 543 g/mol. The van der Waals surface area contributed by atoms with E-state index in [1.807, 2.05) is 0 Å². The van der Waals surface area contributed by atoms with Gasteiger partial charge in [0.15, 0.2) is 0 Å². The fourth-order valence-corrected chi connectivity index (χ4v) is 19.4. The van der Waals surface area contributed by atoms with Crippen molar-refractivity contribution in [2.45, 2.75) is 170 Å². The molecular weight excluding hydrogens is 493 g/mol. The van der Waals surface area contributed by atoms with E-state index in [-0.39, 0.29) is 36.3 Å². The third-order valence-corrected chi connectivity index (χ3v) is 18.3. The molecule has 0 radical (unpaired) electrons. The summed E-state index contributed by atoms with van der Waals surface area (Å²) in [6.45, 7) is 5.74. The van der Waals surface area contributed by atoms with Gasteiger partial charge in [-0.05, 0) is 74.0 Å². The van der Waals surface area contributed by atoms with Crippen LogP contribution in [0.2, 0.25) is 0 Å². The van der Waals surface area contributed by atoms with Gasteiger partial charge in [-0.3, -0.25) is 0 Å². The summed E-state index contributed by atoms with van der Waals surface area (Å²) in [5.41, 5.74) is 4.53. The van der Waals surface area contributed by atoms with Crippen molar-refractivity contribution in [3.05, 3.63) is 0 Å². The minimum absolute atomic E-state index is 0. The standard InChI is InChI=1S/C27H50P2.Pd/c1-27(2,28(23-15-7-3-8-16-23)24-17-9-4-10-18-24)29(25-19-11-5-12-20-25)26-21-13-6-14-22-26;/h23-26H,3-22H2,1-2H3;. The van der Waals surface area contributed by atoms with Crippen molar-refractivity contribution in [1.82, 2.24) is 0 Å². The predicted molar refractivity (Wildman–Crippen MR) is 135 cm³/mol. The molecule has 4 aliphatic carbocycles. The maximum absolute atomic E-state index is 2.87. The molecule has 0 aromatic carbocycles. The zero-order valence-electron chi connectivity index (χ0n) is 20.2. The average Bonchev–Trinajstić information content (AvgIpc) is 2.77. The SMILES string of the molecule is CC(C)(P(C1CCCCC1)C1CCCCC1)P(C1CCCCC1)C1CCCCC1.[Pd]. The van der Waals surface area contributed by atoms with E-state index in [1.165, 1.54) is 25.7 Å². The monoisotopic (exact) mass is 542 g/mol. The van der Waals surface area contributed by atoms with Crippen LogP contribution in [0.3, 0.4) is 0 Å². The first-order valence-electron chi connectivity index (χ1n) is 13.7. The van der Waals surface area contributed by atoms with Crippen molar-refractivity contribution in [3.8, 4) is 0 Å². The summed E-state index contributed by atoms with van der Waals surface area (Å²) >= 11 is 0. The first-order chi connectivity index (χ1) is 14.2. The van der Waals surface area contributed by atoms with Crippen molar-refractivity contribution >= 4 is 15.8 Å². The van der Waals surface area contributed by atoms with E-state index in [0.29, 0.717) is 4.90 Å². The third kappa shape index (κ3) is 6.35. The fraction of sp³-hybridized carbons (Fsp3) is 1.00. The Bertz CT molecular complexity index is 391. The van der Waals surface area contributed by atoms with Crippen LogP contribution in [0.25, 0.3) is 0 Å². The summed E-state index contributed by atoms with van der Waals surface area (Å²) in [4.78, 5) is 0.693. The first kappa shape index (κ1) is 26.1. The maximum atomic E-state index is 2.87. The van der Waals surface area contributed by atoms with Gasteiger partial charge in [-0.25, -0.2) is 0 Å². The van der Waals surface area contributed by atoms with Gasteiger partial charge < -0.3 is 0 Å². The van der Waals surface area contributed by atoms with Crippen molar-refractivity contribution in [3.63, 3.8) is 0 Å². The molecule has 30 heavy (non-hydrogen) atoms. The summed E-state index contributed by atoms with van der Waals surface area (Å²) in [5.74, 6) is 0. The normalized spacial score (nSPS) is 26.8. The molecule has 178 valence electrons. The van der Waals surface area contributed by atoms with Crippen LogP contribution in [0, 0.1) is 0 Å². The van der Waals surface area contributed by atoms with E-state index in [4.69, 9.17) is 0 Å². The molecule has 4 fully saturated rings. The van der Waals surface area contributed by atoms with Crippen LogP contribution in [0.1, 0.15) is 142 Å². The summed E-state index contributed by atoms with van der Waals surface area (Å²) in [6.07, 6.45) is 31.4. The van der Waals surface area contributed by atoms with Crippen LogP contribution in [0.15, 0.2) is 0 Å². The molecule has 0 atom stereocenters. The molecule has 3 heteroatoms. The minimum atomic E-state index is 0. The van der Waals surface area contributed by atoms with Crippen molar-refractivity contribution in [2.24, 2.45) is 0 Å². The van der Waals surface area contributed by atoms with Gasteiger partial charge in [0.2, 0.25) is 0 Å². The molecule has 0 amide bonds. The molecule has 4 aliphatic rings. The van der Waals surface area contributed by atoms with Crippen LogP contribution >= 0.6 is 15.8 Å². The molecule has 0 aliphatic heterocycles. The second kappa shape index (κ2) is 12.8. The van der Waals surface area contributed by atoms with E-state index >= 15 is 0 Å². The Morgan fingerprint density at radius 3 is 0.800 bits per heavy atom. The quantitative estimate of drug-likeness (QED) is 0.231. The summed E-state index contributed by atoms with van der Waals surface area (Å²) < 4.78 is 0. The Hall–Kier alpha value is 1.52. The Morgan fingerprint density at radius 2 is 0.600 bits per heavy atom. The second-order valence-corrected chi connectivity index (χ2v) is 18.6. The van der Waals surface area contributed by atoms with Gasteiger partial charge in [0.25, 0.3) is 0 Å². The molecule has 0 spiro atoms. The van der Waals surface area contributed by atoms with E-state index in [0.717, 1.165) is 22.6 Å². The smallest absolute Gasteiger partial charge is 0.00596 e. The molecule has 0 saturated heterocycles. The van der Waals surface area contributed by atoms with Crippen molar-refractivity contribution in [1.29, 1.82) is 0 Å². The summed E-state index contributed by atoms with van der Waals surface area (Å²) in [6, 6.07) is 0. The molecule has 0 nitrogen and oxygen atoms in total. The Kier molecular flexibility index (Phi) is 11.2. The second-order valence-electron chi connectivity index (χ2n) is 11.5. The zero-order chi connectivity index (χ0) is 20.1. The molecule has 0 bridgehead atoms. The number of hydrogen-bond donors (Lipinski definition) is 0. The number of hydrogen-bond acceptors (Lipinski definition) is 0.